The van der Waals surface area contributed by atoms with Gasteiger partial charge in [0.25, 0.3) is 0 Å². The van der Waals surface area contributed by atoms with Crippen LogP contribution in [0.4, 0.5) is 4.79 Å². The summed E-state index contributed by atoms with van der Waals surface area (Å²) < 4.78 is 19.4. The van der Waals surface area contributed by atoms with Crippen molar-refractivity contribution in [2.45, 2.75) is 52.0 Å². The molecule has 12 heteroatoms. The van der Waals surface area contributed by atoms with Gasteiger partial charge in [-0.1, -0.05) is 78.7 Å². The van der Waals surface area contributed by atoms with Crippen LogP contribution in [0, 0.1) is 5.92 Å². The minimum atomic E-state index is -0.670. The van der Waals surface area contributed by atoms with Crippen molar-refractivity contribution in [1.82, 2.24) is 20.2 Å². The third kappa shape index (κ3) is 7.52. The number of carbonyl (C=O) groups excluding carboxylic acids is 2. The lowest BCUT2D eigenvalue weighted by Crippen LogP contribution is -2.39. The van der Waals surface area contributed by atoms with Crippen molar-refractivity contribution in [1.29, 1.82) is 0 Å². The molecule has 0 unspecified atom stereocenters. The molecule has 4 rings (SSSR count). The van der Waals surface area contributed by atoms with Gasteiger partial charge >= 0.3 is 12.0 Å². The maximum atomic E-state index is 12.0. The number of aromatic nitrogens is 2. The number of nitrogens with zero attached hydrogens (tertiary/aromatic N) is 2. The van der Waals surface area contributed by atoms with Gasteiger partial charge < -0.3 is 34.5 Å². The van der Waals surface area contributed by atoms with Gasteiger partial charge in [-0.3, -0.25) is 4.79 Å². The van der Waals surface area contributed by atoms with Crippen LogP contribution in [0.15, 0.2) is 54.9 Å². The molecule has 0 aliphatic carbocycles. The molecule has 1 aliphatic heterocycles. The molecular formula is C28H32Cl2N4O6. The number of aliphatic hydroxyl groups is 1. The van der Waals surface area contributed by atoms with E-state index in [1.54, 1.807) is 17.8 Å². The van der Waals surface area contributed by atoms with Gasteiger partial charge in [0.15, 0.2) is 11.4 Å². The van der Waals surface area contributed by atoms with E-state index in [1.807, 2.05) is 48.5 Å². The van der Waals surface area contributed by atoms with E-state index in [1.165, 1.54) is 0 Å². The van der Waals surface area contributed by atoms with Crippen LogP contribution in [0.5, 0.6) is 0 Å². The van der Waals surface area contributed by atoms with Gasteiger partial charge in [0.05, 0.1) is 38.3 Å². The highest BCUT2D eigenvalue weighted by molar-refractivity contribution is 6.40. The molecule has 3 aromatic rings. The van der Waals surface area contributed by atoms with Crippen LogP contribution in [0.2, 0.25) is 10.3 Å². The smallest absolute Gasteiger partial charge is 0.325 e. The summed E-state index contributed by atoms with van der Waals surface area (Å²) in [7, 11) is 0. The van der Waals surface area contributed by atoms with Gasteiger partial charge in [-0.15, -0.1) is 0 Å². The fourth-order valence-electron chi connectivity index (χ4n) is 4.39. The van der Waals surface area contributed by atoms with Gasteiger partial charge in [0.1, 0.15) is 11.7 Å². The summed E-state index contributed by atoms with van der Waals surface area (Å²) in [6.45, 7) is 4.46. The zero-order valence-corrected chi connectivity index (χ0v) is 23.7. The summed E-state index contributed by atoms with van der Waals surface area (Å²) >= 11 is 12.4. The van der Waals surface area contributed by atoms with Crippen molar-refractivity contribution in [2.75, 3.05) is 13.2 Å². The molecule has 1 aromatic heterocycles. The zero-order valence-electron chi connectivity index (χ0n) is 22.2. The SMILES string of the molecule is CCOC(=O)CNC(=O)NCc1ccc([C@H]2O[C@@H](Cn3cnc(Cl)c3Cl)[C@@H](C)[C@@H](c3ccc(CO)cc3)O2)cc1. The number of hydrogen-bond acceptors (Lipinski definition) is 7. The highest BCUT2D eigenvalue weighted by Crippen LogP contribution is 2.42. The minimum Gasteiger partial charge on any atom is -0.465 e. The van der Waals surface area contributed by atoms with Gasteiger partial charge in [-0.2, -0.15) is 0 Å². The molecular weight excluding hydrogens is 559 g/mol. The van der Waals surface area contributed by atoms with E-state index < -0.39 is 18.3 Å². The van der Waals surface area contributed by atoms with E-state index >= 15 is 0 Å². The predicted octanol–water partition coefficient (Wildman–Crippen LogP) is 4.54. The predicted molar refractivity (Wildman–Crippen MR) is 149 cm³/mol. The number of esters is 1. The second kappa shape index (κ2) is 14.0. The molecule has 2 amide bonds. The van der Waals surface area contributed by atoms with E-state index in [9.17, 15) is 14.7 Å². The summed E-state index contributed by atoms with van der Waals surface area (Å²) in [4.78, 5) is 27.5. The number of nitrogens with one attached hydrogen (secondary N) is 2. The first-order chi connectivity index (χ1) is 19.3. The lowest BCUT2D eigenvalue weighted by atomic mass is 9.90. The number of imidazole rings is 1. The molecule has 1 aliphatic rings. The minimum absolute atomic E-state index is 0.0378. The summed E-state index contributed by atoms with van der Waals surface area (Å²) in [6, 6.07) is 14.7. The largest absolute Gasteiger partial charge is 0.465 e. The number of amides is 2. The summed E-state index contributed by atoms with van der Waals surface area (Å²) in [5, 5.41) is 15.2. The van der Waals surface area contributed by atoms with Crippen molar-refractivity contribution >= 4 is 35.2 Å². The topological polar surface area (TPSA) is 124 Å². The van der Waals surface area contributed by atoms with Crippen LogP contribution in [0.1, 0.15) is 48.5 Å². The Kier molecular flexibility index (Phi) is 10.4. The number of urea groups is 1. The molecule has 0 radical (unpaired) electrons. The second-order valence-electron chi connectivity index (χ2n) is 9.38. The number of hydrogen-bond donors (Lipinski definition) is 3. The van der Waals surface area contributed by atoms with Crippen LogP contribution < -0.4 is 10.6 Å². The second-order valence-corrected chi connectivity index (χ2v) is 10.1. The number of rotatable bonds is 10. The molecule has 2 aromatic carbocycles. The third-order valence-electron chi connectivity index (χ3n) is 6.64. The number of aliphatic hydroxyl groups excluding tert-OH is 1. The van der Waals surface area contributed by atoms with Crippen LogP contribution in [0.25, 0.3) is 0 Å². The number of benzene rings is 2. The van der Waals surface area contributed by atoms with E-state index in [0.717, 1.165) is 22.3 Å². The first-order valence-corrected chi connectivity index (χ1v) is 13.7. The molecule has 3 N–H and O–H groups in total. The lowest BCUT2D eigenvalue weighted by Gasteiger charge is -2.41. The van der Waals surface area contributed by atoms with Gasteiger partial charge in [0, 0.05) is 18.0 Å². The van der Waals surface area contributed by atoms with Crippen molar-refractivity contribution in [3.8, 4) is 0 Å². The highest BCUT2D eigenvalue weighted by Gasteiger charge is 2.38. The van der Waals surface area contributed by atoms with E-state index in [0.29, 0.717) is 11.7 Å². The maximum absolute atomic E-state index is 12.0. The third-order valence-corrected chi connectivity index (χ3v) is 7.41. The highest BCUT2D eigenvalue weighted by atomic mass is 35.5. The van der Waals surface area contributed by atoms with E-state index in [2.05, 4.69) is 22.5 Å². The van der Waals surface area contributed by atoms with Crippen LogP contribution >= 0.6 is 23.2 Å². The summed E-state index contributed by atoms with van der Waals surface area (Å²) in [5.74, 6) is -0.548. The first-order valence-electron chi connectivity index (χ1n) is 12.9. The average molecular weight is 591 g/mol. The van der Waals surface area contributed by atoms with Crippen molar-refractivity contribution in [3.63, 3.8) is 0 Å². The maximum Gasteiger partial charge on any atom is 0.325 e. The number of ether oxygens (including phenoxy) is 3. The molecule has 2 heterocycles. The van der Waals surface area contributed by atoms with Crippen LogP contribution in [-0.2, 0) is 38.7 Å². The Balaban J connectivity index is 1.46. The quantitative estimate of drug-likeness (QED) is 0.296. The van der Waals surface area contributed by atoms with Crippen molar-refractivity contribution in [2.24, 2.45) is 5.92 Å². The van der Waals surface area contributed by atoms with Gasteiger partial charge in [0.2, 0.25) is 0 Å². The Morgan fingerprint density at radius 1 is 1.02 bits per heavy atom. The van der Waals surface area contributed by atoms with E-state index in [4.69, 9.17) is 37.4 Å². The Labute approximate surface area is 242 Å². The molecule has 214 valence electrons. The van der Waals surface area contributed by atoms with Crippen LogP contribution in [0.3, 0.4) is 0 Å². The monoisotopic (exact) mass is 590 g/mol. The van der Waals surface area contributed by atoms with E-state index in [-0.39, 0.29) is 49.6 Å². The molecule has 4 atom stereocenters. The van der Waals surface area contributed by atoms with Crippen LogP contribution in [-0.4, -0.2) is 45.9 Å². The Morgan fingerprint density at radius 2 is 1.70 bits per heavy atom. The summed E-state index contributed by atoms with van der Waals surface area (Å²) in [5.41, 5.74) is 3.44. The summed E-state index contributed by atoms with van der Waals surface area (Å²) in [6.07, 6.45) is 0.338. The molecule has 10 nitrogen and oxygen atoms in total. The van der Waals surface area contributed by atoms with Crippen molar-refractivity contribution in [3.05, 3.63) is 87.4 Å². The molecule has 40 heavy (non-hydrogen) atoms. The molecule has 1 fully saturated rings. The fraction of sp³-hybridized carbons (Fsp3) is 0.393. The normalized spacial score (nSPS) is 20.6. The Bertz CT molecular complexity index is 1280. The molecule has 0 saturated carbocycles. The van der Waals surface area contributed by atoms with Crippen molar-refractivity contribution < 1.29 is 28.9 Å². The molecule has 0 bridgehead atoms. The Hall–Kier alpha value is -3.15. The first kappa shape index (κ1) is 29.8. The Morgan fingerprint density at radius 3 is 2.33 bits per heavy atom. The average Bonchev–Trinajstić information content (AvgIpc) is 3.28. The standard InChI is InChI=1S/C28H32Cl2N4O6/c1-3-38-23(36)13-32-28(37)31-12-18-4-10-21(11-5-18)27-39-22(14-34-16-33-25(29)26(34)30)17(2)24(40-27)20-8-6-19(15-35)7-9-20/h4-11,16-17,22,24,27,35H,3,12-15H2,1-2H3,(H2,31,32,37)/t17-,22+,24+,27+/m1/s1. The molecule has 1 saturated heterocycles. The number of carbonyl (C=O) groups is 2. The fourth-order valence-corrected chi connectivity index (χ4v) is 4.71. The zero-order chi connectivity index (χ0) is 28.6. The van der Waals surface area contributed by atoms with Gasteiger partial charge in [-0.25, -0.2) is 9.78 Å². The molecule has 0 spiro atoms. The lowest BCUT2D eigenvalue weighted by molar-refractivity contribution is -0.276. The number of halogens is 2. The van der Waals surface area contributed by atoms with Gasteiger partial charge in [-0.05, 0) is 23.6 Å².